The van der Waals surface area contributed by atoms with Crippen molar-refractivity contribution in [2.24, 2.45) is 10.8 Å². The lowest BCUT2D eigenvalue weighted by Crippen LogP contribution is -2.48. The smallest absolute Gasteiger partial charge is 0.314 e. The molecule has 0 aromatic heterocycles. The molecule has 0 heterocycles. The van der Waals surface area contributed by atoms with E-state index in [-0.39, 0.29) is 12.6 Å². The molecule has 1 N–H and O–H groups in total. The van der Waals surface area contributed by atoms with E-state index in [0.717, 1.165) is 12.8 Å². The first-order chi connectivity index (χ1) is 5.66. The molecule has 1 spiro atoms. The maximum absolute atomic E-state index is 11.3. The van der Waals surface area contributed by atoms with Gasteiger partial charge in [0.15, 0.2) is 0 Å². The van der Waals surface area contributed by atoms with Crippen molar-refractivity contribution >= 4 is 5.97 Å². The Kier molecular flexibility index (Phi) is 1.49. The number of methoxy groups -OCH3 is 1. The number of rotatable bonds is 2. The highest BCUT2D eigenvalue weighted by Gasteiger charge is 2.64. The van der Waals surface area contributed by atoms with Crippen LogP contribution in [0.5, 0.6) is 0 Å². The molecule has 0 radical (unpaired) electrons. The van der Waals surface area contributed by atoms with E-state index < -0.39 is 5.41 Å². The number of carbonyl (C=O) groups excluding carboxylic acids is 1. The Balaban J connectivity index is 2.03. The summed E-state index contributed by atoms with van der Waals surface area (Å²) in [6.07, 6.45) is 4.13. The van der Waals surface area contributed by atoms with Gasteiger partial charge in [-0.15, -0.1) is 0 Å². The topological polar surface area (TPSA) is 46.5 Å². The summed E-state index contributed by atoms with van der Waals surface area (Å²) < 4.78 is 4.67. The molecule has 2 fully saturated rings. The third-order valence-corrected chi connectivity index (χ3v) is 3.30. The Morgan fingerprint density at radius 3 is 2.42 bits per heavy atom. The Hall–Kier alpha value is -0.570. The first-order valence-corrected chi connectivity index (χ1v) is 4.36. The fourth-order valence-electron chi connectivity index (χ4n) is 2.45. The molecule has 0 atom stereocenters. The minimum absolute atomic E-state index is 0.0541. The van der Waals surface area contributed by atoms with Crippen LogP contribution in [0.4, 0.5) is 0 Å². The van der Waals surface area contributed by atoms with Gasteiger partial charge in [-0.3, -0.25) is 4.79 Å². The minimum Gasteiger partial charge on any atom is -0.469 e. The Morgan fingerprint density at radius 1 is 1.50 bits per heavy atom. The van der Waals surface area contributed by atoms with Gasteiger partial charge in [-0.1, -0.05) is 0 Å². The van der Waals surface area contributed by atoms with Crippen LogP contribution in [-0.2, 0) is 9.53 Å². The SMILES string of the molecule is COC(=O)C1(CO)CC2(CC2)C1. The summed E-state index contributed by atoms with van der Waals surface area (Å²) in [5.41, 5.74) is -0.109. The third kappa shape index (κ3) is 0.891. The Labute approximate surface area is 71.7 Å². The van der Waals surface area contributed by atoms with E-state index in [0.29, 0.717) is 5.41 Å². The molecule has 0 aromatic rings. The van der Waals surface area contributed by atoms with E-state index >= 15 is 0 Å². The van der Waals surface area contributed by atoms with Crippen molar-refractivity contribution in [3.8, 4) is 0 Å². The van der Waals surface area contributed by atoms with Crippen molar-refractivity contribution in [1.82, 2.24) is 0 Å². The predicted octanol–water partition coefficient (Wildman–Crippen LogP) is 0.712. The van der Waals surface area contributed by atoms with Gasteiger partial charge < -0.3 is 9.84 Å². The molecule has 2 rings (SSSR count). The molecular weight excluding hydrogens is 156 g/mol. The molecule has 0 bridgehead atoms. The molecule has 0 amide bonds. The highest BCUT2D eigenvalue weighted by molar-refractivity contribution is 5.78. The van der Waals surface area contributed by atoms with E-state index in [1.807, 2.05) is 0 Å². The standard InChI is InChI=1S/C9H14O3/c1-12-7(11)9(6-10)4-8(5-9)2-3-8/h10H,2-6H2,1H3. The van der Waals surface area contributed by atoms with E-state index in [1.54, 1.807) is 0 Å². The second-order valence-corrected chi connectivity index (χ2v) is 4.28. The monoisotopic (exact) mass is 170 g/mol. The van der Waals surface area contributed by atoms with Crippen LogP contribution in [-0.4, -0.2) is 24.8 Å². The summed E-state index contributed by atoms with van der Waals surface area (Å²) in [4.78, 5) is 11.3. The molecular formula is C9H14O3. The molecule has 12 heavy (non-hydrogen) atoms. The van der Waals surface area contributed by atoms with Gasteiger partial charge in [-0.25, -0.2) is 0 Å². The van der Waals surface area contributed by atoms with Crippen molar-refractivity contribution < 1.29 is 14.6 Å². The van der Waals surface area contributed by atoms with E-state index in [1.165, 1.54) is 20.0 Å². The van der Waals surface area contributed by atoms with Gasteiger partial charge in [0.05, 0.1) is 19.1 Å². The van der Waals surface area contributed by atoms with Crippen molar-refractivity contribution in [3.05, 3.63) is 0 Å². The molecule has 0 aliphatic heterocycles. The van der Waals surface area contributed by atoms with Gasteiger partial charge in [-0.2, -0.15) is 0 Å². The van der Waals surface area contributed by atoms with Crippen molar-refractivity contribution in [1.29, 1.82) is 0 Å². The summed E-state index contributed by atoms with van der Waals surface area (Å²) in [6, 6.07) is 0. The first-order valence-electron chi connectivity index (χ1n) is 4.36. The number of aliphatic hydroxyl groups is 1. The molecule has 2 aliphatic rings. The minimum atomic E-state index is -0.536. The molecule has 3 nitrogen and oxygen atoms in total. The first kappa shape index (κ1) is 8.05. The fourth-order valence-corrected chi connectivity index (χ4v) is 2.45. The van der Waals surface area contributed by atoms with Gasteiger partial charge in [-0.05, 0) is 31.1 Å². The maximum Gasteiger partial charge on any atom is 0.314 e. The van der Waals surface area contributed by atoms with Crippen LogP contribution in [0.3, 0.4) is 0 Å². The summed E-state index contributed by atoms with van der Waals surface area (Å²) in [5.74, 6) is -0.234. The molecule has 3 heteroatoms. The number of ether oxygens (including phenoxy) is 1. The molecule has 0 saturated heterocycles. The van der Waals surface area contributed by atoms with Crippen LogP contribution in [0.1, 0.15) is 25.7 Å². The number of aliphatic hydroxyl groups excluding tert-OH is 1. The number of hydrogen-bond acceptors (Lipinski definition) is 3. The number of carbonyl (C=O) groups is 1. The predicted molar refractivity (Wildman–Crippen MR) is 42.4 cm³/mol. The number of esters is 1. The van der Waals surface area contributed by atoms with Gasteiger partial charge in [0.2, 0.25) is 0 Å². The van der Waals surface area contributed by atoms with Crippen LogP contribution in [0, 0.1) is 10.8 Å². The summed E-state index contributed by atoms with van der Waals surface area (Å²) in [5, 5.41) is 9.10. The highest BCUT2D eigenvalue weighted by atomic mass is 16.5. The molecule has 2 aliphatic carbocycles. The normalized spacial score (nSPS) is 27.8. The van der Waals surface area contributed by atoms with Crippen molar-refractivity contribution in [2.75, 3.05) is 13.7 Å². The summed E-state index contributed by atoms with van der Waals surface area (Å²) in [7, 11) is 1.39. The Bertz CT molecular complexity index is 210. The maximum atomic E-state index is 11.3. The molecule has 0 unspecified atom stereocenters. The van der Waals surface area contributed by atoms with Gasteiger partial charge in [0, 0.05) is 0 Å². The van der Waals surface area contributed by atoms with E-state index in [2.05, 4.69) is 4.74 Å². The lowest BCUT2D eigenvalue weighted by Gasteiger charge is -2.44. The lowest BCUT2D eigenvalue weighted by molar-refractivity contribution is -0.168. The largest absolute Gasteiger partial charge is 0.469 e. The molecule has 68 valence electrons. The van der Waals surface area contributed by atoms with Crippen LogP contribution >= 0.6 is 0 Å². The van der Waals surface area contributed by atoms with E-state index in [9.17, 15) is 4.79 Å². The van der Waals surface area contributed by atoms with Gasteiger partial charge in [0.1, 0.15) is 0 Å². The molecule has 2 saturated carbocycles. The summed E-state index contributed by atoms with van der Waals surface area (Å²) in [6.45, 7) is -0.0541. The average molecular weight is 170 g/mol. The van der Waals surface area contributed by atoms with Crippen LogP contribution in [0.25, 0.3) is 0 Å². The second kappa shape index (κ2) is 2.22. The average Bonchev–Trinajstić information content (AvgIpc) is 2.79. The zero-order chi connectivity index (χ0) is 8.82. The molecule has 0 aromatic carbocycles. The number of hydrogen-bond donors (Lipinski definition) is 1. The third-order valence-electron chi connectivity index (χ3n) is 3.30. The Morgan fingerprint density at radius 2 is 2.08 bits per heavy atom. The van der Waals surface area contributed by atoms with Gasteiger partial charge in [0.25, 0.3) is 0 Å². The fraction of sp³-hybridized carbons (Fsp3) is 0.889. The quantitative estimate of drug-likeness (QED) is 0.621. The van der Waals surface area contributed by atoms with Crippen molar-refractivity contribution in [3.63, 3.8) is 0 Å². The lowest BCUT2D eigenvalue weighted by atomic mass is 9.60. The van der Waals surface area contributed by atoms with Crippen molar-refractivity contribution in [2.45, 2.75) is 25.7 Å². The zero-order valence-electron chi connectivity index (χ0n) is 7.30. The van der Waals surface area contributed by atoms with E-state index in [4.69, 9.17) is 5.11 Å². The highest BCUT2D eigenvalue weighted by Crippen LogP contribution is 2.68. The summed E-state index contributed by atoms with van der Waals surface area (Å²) >= 11 is 0. The van der Waals surface area contributed by atoms with Crippen LogP contribution in [0.2, 0.25) is 0 Å². The second-order valence-electron chi connectivity index (χ2n) is 4.28. The van der Waals surface area contributed by atoms with Gasteiger partial charge >= 0.3 is 5.97 Å². The van der Waals surface area contributed by atoms with Crippen LogP contribution < -0.4 is 0 Å². The zero-order valence-corrected chi connectivity index (χ0v) is 7.30. The van der Waals surface area contributed by atoms with Crippen LogP contribution in [0.15, 0.2) is 0 Å².